The third-order valence-corrected chi connectivity index (χ3v) is 4.19. The molecule has 0 bridgehead atoms. The van der Waals surface area contributed by atoms with Gasteiger partial charge in [-0.25, -0.2) is 0 Å². The van der Waals surface area contributed by atoms with Crippen molar-refractivity contribution in [1.29, 1.82) is 0 Å². The number of nitro benzene ring substituents is 1. The molecule has 0 heterocycles. The lowest BCUT2D eigenvalue weighted by Crippen LogP contribution is -2.12. The van der Waals surface area contributed by atoms with Crippen LogP contribution in [0.1, 0.15) is 54.4 Å². The molecule has 2 rings (SSSR count). The molecule has 0 radical (unpaired) electrons. The van der Waals surface area contributed by atoms with E-state index in [4.69, 9.17) is 10.5 Å². The Morgan fingerprint density at radius 3 is 2.61 bits per heavy atom. The van der Waals surface area contributed by atoms with E-state index in [1.807, 2.05) is 0 Å². The number of hydrogen-bond acceptors (Lipinski definition) is 5. The zero-order chi connectivity index (χ0) is 16.8. The summed E-state index contributed by atoms with van der Waals surface area (Å²) in [5.41, 5.74) is 5.13. The summed E-state index contributed by atoms with van der Waals surface area (Å²) in [6, 6.07) is 3.88. The van der Waals surface area contributed by atoms with Crippen LogP contribution in [0.3, 0.4) is 0 Å². The van der Waals surface area contributed by atoms with E-state index in [9.17, 15) is 19.7 Å². The molecule has 124 valence electrons. The molecule has 1 aliphatic carbocycles. The maximum absolute atomic E-state index is 11.8. The van der Waals surface area contributed by atoms with E-state index < -0.39 is 10.8 Å². The predicted molar refractivity (Wildman–Crippen MR) is 82.6 cm³/mol. The molecule has 7 heteroatoms. The second-order valence-corrected chi connectivity index (χ2v) is 5.81. The van der Waals surface area contributed by atoms with E-state index in [0.717, 1.165) is 25.3 Å². The summed E-state index contributed by atoms with van der Waals surface area (Å²) in [4.78, 5) is 33.3. The minimum atomic E-state index is -0.742. The van der Waals surface area contributed by atoms with Crippen LogP contribution in [0, 0.1) is 16.0 Å². The van der Waals surface area contributed by atoms with Crippen LogP contribution < -0.4 is 5.73 Å². The Labute approximate surface area is 134 Å². The molecule has 0 atom stereocenters. The number of nitrogens with zero attached hydrogens (tertiary/aromatic N) is 1. The van der Waals surface area contributed by atoms with Crippen molar-refractivity contribution in [2.24, 2.45) is 11.7 Å². The summed E-state index contributed by atoms with van der Waals surface area (Å²) in [5, 5.41) is 11.1. The molecule has 1 saturated carbocycles. The number of carbonyl (C=O) groups is 2. The second kappa shape index (κ2) is 7.71. The van der Waals surface area contributed by atoms with Crippen molar-refractivity contribution < 1.29 is 19.2 Å². The molecule has 0 aliphatic heterocycles. The lowest BCUT2D eigenvalue weighted by atomic mass is 10.0. The third-order valence-electron chi connectivity index (χ3n) is 4.19. The average Bonchev–Trinajstić information content (AvgIpc) is 3.03. The SMILES string of the molecule is NC(=O)c1ccc(COC(=O)CCC2CCCC2)c([N+](=O)[O-])c1. The first kappa shape index (κ1) is 16.9. The number of amides is 1. The number of nitrogens with two attached hydrogens (primary N) is 1. The summed E-state index contributed by atoms with van der Waals surface area (Å²) in [5.74, 6) is -0.509. The highest BCUT2D eigenvalue weighted by Crippen LogP contribution is 2.28. The van der Waals surface area contributed by atoms with Crippen LogP contribution >= 0.6 is 0 Å². The minimum absolute atomic E-state index is 0.0491. The molecule has 23 heavy (non-hydrogen) atoms. The highest BCUT2D eigenvalue weighted by Gasteiger charge is 2.19. The van der Waals surface area contributed by atoms with Gasteiger partial charge in [-0.2, -0.15) is 0 Å². The summed E-state index contributed by atoms with van der Waals surface area (Å²) in [6.45, 7) is -0.182. The zero-order valence-corrected chi connectivity index (χ0v) is 12.8. The molecular weight excluding hydrogens is 300 g/mol. The van der Waals surface area contributed by atoms with Gasteiger partial charge in [0.2, 0.25) is 5.91 Å². The van der Waals surface area contributed by atoms with E-state index in [1.54, 1.807) is 0 Å². The summed E-state index contributed by atoms with van der Waals surface area (Å²) in [7, 11) is 0. The van der Waals surface area contributed by atoms with Gasteiger partial charge in [-0.05, 0) is 24.5 Å². The Bertz CT molecular complexity index is 608. The van der Waals surface area contributed by atoms with Crippen LogP contribution in [-0.4, -0.2) is 16.8 Å². The maximum atomic E-state index is 11.8. The number of nitro groups is 1. The number of carbonyl (C=O) groups excluding carboxylic acids is 2. The smallest absolute Gasteiger partial charge is 0.306 e. The first-order valence-corrected chi connectivity index (χ1v) is 7.70. The van der Waals surface area contributed by atoms with Crippen molar-refractivity contribution in [3.05, 3.63) is 39.4 Å². The van der Waals surface area contributed by atoms with Gasteiger partial charge in [0.15, 0.2) is 0 Å². The van der Waals surface area contributed by atoms with E-state index in [-0.39, 0.29) is 29.4 Å². The molecule has 7 nitrogen and oxygen atoms in total. The number of esters is 1. The molecule has 0 spiro atoms. The molecule has 1 aliphatic rings. The van der Waals surface area contributed by atoms with Crippen molar-refractivity contribution in [2.45, 2.75) is 45.1 Å². The molecule has 1 amide bonds. The number of benzene rings is 1. The quantitative estimate of drug-likeness (QED) is 0.471. The van der Waals surface area contributed by atoms with Gasteiger partial charge in [0.25, 0.3) is 5.69 Å². The Morgan fingerprint density at radius 2 is 2.00 bits per heavy atom. The standard InChI is InChI=1S/C16H20N2O5/c17-16(20)12-6-7-13(14(9-12)18(21)22)10-23-15(19)8-5-11-3-1-2-4-11/h6-7,9,11H,1-5,8,10H2,(H2,17,20). The Hall–Kier alpha value is -2.44. The average molecular weight is 320 g/mol. The van der Waals surface area contributed by atoms with Crippen LogP contribution in [-0.2, 0) is 16.1 Å². The fourth-order valence-corrected chi connectivity index (χ4v) is 2.86. The number of rotatable bonds is 7. The highest BCUT2D eigenvalue weighted by atomic mass is 16.6. The lowest BCUT2D eigenvalue weighted by Gasteiger charge is -2.09. The third kappa shape index (κ3) is 4.77. The van der Waals surface area contributed by atoms with Crippen LogP contribution in [0.2, 0.25) is 0 Å². The van der Waals surface area contributed by atoms with Crippen LogP contribution in [0.15, 0.2) is 18.2 Å². The van der Waals surface area contributed by atoms with Gasteiger partial charge in [0, 0.05) is 18.1 Å². The van der Waals surface area contributed by atoms with Gasteiger partial charge in [0.05, 0.1) is 10.5 Å². The van der Waals surface area contributed by atoms with Gasteiger partial charge < -0.3 is 10.5 Å². The van der Waals surface area contributed by atoms with Crippen molar-refractivity contribution >= 4 is 17.6 Å². The molecule has 2 N–H and O–H groups in total. The lowest BCUT2D eigenvalue weighted by molar-refractivity contribution is -0.385. The van der Waals surface area contributed by atoms with Crippen molar-refractivity contribution in [3.8, 4) is 0 Å². The summed E-state index contributed by atoms with van der Waals surface area (Å²) in [6.07, 6.45) is 5.90. The monoisotopic (exact) mass is 320 g/mol. The molecular formula is C16H20N2O5. The van der Waals surface area contributed by atoms with Crippen LogP contribution in [0.25, 0.3) is 0 Å². The molecule has 1 aromatic carbocycles. The van der Waals surface area contributed by atoms with Gasteiger partial charge in [-0.3, -0.25) is 19.7 Å². The molecule has 1 fully saturated rings. The van der Waals surface area contributed by atoms with Crippen LogP contribution in [0.5, 0.6) is 0 Å². The summed E-state index contributed by atoms with van der Waals surface area (Å²) >= 11 is 0. The Kier molecular flexibility index (Phi) is 5.67. The van der Waals surface area contributed by atoms with Gasteiger partial charge >= 0.3 is 5.97 Å². The van der Waals surface area contributed by atoms with Gasteiger partial charge in [0.1, 0.15) is 6.61 Å². The minimum Gasteiger partial charge on any atom is -0.461 e. The molecule has 1 aromatic rings. The largest absolute Gasteiger partial charge is 0.461 e. The topological polar surface area (TPSA) is 113 Å². The highest BCUT2D eigenvalue weighted by molar-refractivity contribution is 5.93. The maximum Gasteiger partial charge on any atom is 0.306 e. The van der Waals surface area contributed by atoms with Crippen molar-refractivity contribution in [1.82, 2.24) is 0 Å². The van der Waals surface area contributed by atoms with E-state index in [2.05, 4.69) is 0 Å². The first-order chi connectivity index (χ1) is 11.0. The fourth-order valence-electron chi connectivity index (χ4n) is 2.86. The summed E-state index contributed by atoms with van der Waals surface area (Å²) < 4.78 is 5.12. The molecule has 0 aromatic heterocycles. The first-order valence-electron chi connectivity index (χ1n) is 7.70. The fraction of sp³-hybridized carbons (Fsp3) is 0.500. The Balaban J connectivity index is 1.92. The van der Waals surface area contributed by atoms with Crippen molar-refractivity contribution in [2.75, 3.05) is 0 Å². The van der Waals surface area contributed by atoms with Gasteiger partial charge in [-0.1, -0.05) is 25.7 Å². The van der Waals surface area contributed by atoms with Gasteiger partial charge in [-0.15, -0.1) is 0 Å². The second-order valence-electron chi connectivity index (χ2n) is 5.81. The van der Waals surface area contributed by atoms with E-state index >= 15 is 0 Å². The number of ether oxygens (including phenoxy) is 1. The number of hydrogen-bond donors (Lipinski definition) is 1. The van der Waals surface area contributed by atoms with Crippen LogP contribution in [0.4, 0.5) is 5.69 Å². The van der Waals surface area contributed by atoms with Crippen molar-refractivity contribution in [3.63, 3.8) is 0 Å². The number of primary amides is 1. The predicted octanol–water partition coefficient (Wildman–Crippen LogP) is 2.71. The Morgan fingerprint density at radius 1 is 1.30 bits per heavy atom. The normalized spacial score (nSPS) is 14.6. The zero-order valence-electron chi connectivity index (χ0n) is 12.8. The van der Waals surface area contributed by atoms with E-state index in [0.29, 0.717) is 12.3 Å². The molecule has 0 unspecified atom stereocenters. The molecule has 0 saturated heterocycles. The van der Waals surface area contributed by atoms with E-state index in [1.165, 1.54) is 25.0 Å².